The van der Waals surface area contributed by atoms with Crippen molar-refractivity contribution in [2.24, 2.45) is 5.16 Å². The van der Waals surface area contributed by atoms with Crippen LogP contribution in [0.15, 0.2) is 93.8 Å². The van der Waals surface area contributed by atoms with Crippen molar-refractivity contribution in [3.63, 3.8) is 0 Å². The van der Waals surface area contributed by atoms with Crippen LogP contribution >= 0.6 is 11.8 Å². The van der Waals surface area contributed by atoms with E-state index in [1.807, 2.05) is 55.5 Å². The van der Waals surface area contributed by atoms with E-state index in [-0.39, 0.29) is 5.78 Å². The van der Waals surface area contributed by atoms with Crippen LogP contribution in [-0.2, 0) is 4.84 Å². The van der Waals surface area contributed by atoms with Crippen LogP contribution in [-0.4, -0.2) is 18.0 Å². The Bertz CT molecular complexity index is 966. The van der Waals surface area contributed by atoms with E-state index in [2.05, 4.69) is 5.16 Å². The predicted molar refractivity (Wildman–Crippen MR) is 106 cm³/mol. The van der Waals surface area contributed by atoms with Crippen molar-refractivity contribution in [1.29, 1.82) is 0 Å². The number of benzene rings is 3. The van der Waals surface area contributed by atoms with Crippen molar-refractivity contribution in [3.8, 4) is 0 Å². The molecule has 0 saturated carbocycles. The van der Waals surface area contributed by atoms with E-state index in [0.29, 0.717) is 11.1 Å². The molecule has 4 nitrogen and oxygen atoms in total. The molecule has 134 valence electrons. The third-order valence-electron chi connectivity index (χ3n) is 3.68. The Morgan fingerprint density at radius 1 is 0.852 bits per heavy atom. The Kier molecular flexibility index (Phi) is 6.18. The molecular formula is C22H17NO3S. The number of carbonyl (C=O) groups excluding carboxylic acids is 2. The van der Waals surface area contributed by atoms with Crippen LogP contribution < -0.4 is 0 Å². The van der Waals surface area contributed by atoms with E-state index < -0.39 is 5.97 Å². The molecule has 0 unspecified atom stereocenters. The van der Waals surface area contributed by atoms with Gasteiger partial charge in [-0.25, -0.2) is 4.79 Å². The van der Waals surface area contributed by atoms with Crippen LogP contribution in [0.2, 0.25) is 0 Å². The zero-order valence-electron chi connectivity index (χ0n) is 14.7. The number of aryl methyl sites for hydroxylation is 1. The number of carbonyl (C=O) groups is 2. The number of oxime groups is 1. The summed E-state index contributed by atoms with van der Waals surface area (Å²) < 4.78 is 0. The van der Waals surface area contributed by atoms with Gasteiger partial charge >= 0.3 is 5.97 Å². The van der Waals surface area contributed by atoms with Gasteiger partial charge < -0.3 is 4.84 Å². The van der Waals surface area contributed by atoms with Crippen LogP contribution in [0.5, 0.6) is 0 Å². The molecule has 3 rings (SSSR count). The van der Waals surface area contributed by atoms with E-state index in [1.165, 1.54) is 0 Å². The van der Waals surface area contributed by atoms with Gasteiger partial charge in [0, 0.05) is 15.4 Å². The van der Waals surface area contributed by atoms with Gasteiger partial charge in [-0.1, -0.05) is 52.8 Å². The predicted octanol–water partition coefficient (Wildman–Crippen LogP) is 5.17. The third-order valence-corrected chi connectivity index (χ3v) is 4.69. The smallest absolute Gasteiger partial charge is 0.313 e. The summed E-state index contributed by atoms with van der Waals surface area (Å²) in [6.07, 6.45) is 1.01. The average molecular weight is 375 g/mol. The van der Waals surface area contributed by atoms with Gasteiger partial charge in [-0.2, -0.15) is 0 Å². The lowest BCUT2D eigenvalue weighted by Gasteiger charge is -2.02. The summed E-state index contributed by atoms with van der Waals surface area (Å²) >= 11 is 1.61. The van der Waals surface area contributed by atoms with Gasteiger partial charge in [0.05, 0.1) is 5.56 Å². The fraction of sp³-hybridized carbons (Fsp3) is 0.0455. The largest absolute Gasteiger partial charge is 0.365 e. The van der Waals surface area contributed by atoms with Crippen LogP contribution in [0, 0.1) is 6.92 Å². The van der Waals surface area contributed by atoms with Crippen molar-refractivity contribution >= 4 is 29.7 Å². The van der Waals surface area contributed by atoms with E-state index in [9.17, 15) is 9.59 Å². The van der Waals surface area contributed by atoms with Crippen molar-refractivity contribution in [2.75, 3.05) is 0 Å². The molecule has 5 heteroatoms. The summed E-state index contributed by atoms with van der Waals surface area (Å²) in [6.45, 7) is 1.88. The Balaban J connectivity index is 1.57. The van der Waals surface area contributed by atoms with Gasteiger partial charge in [-0.3, -0.25) is 4.79 Å². The lowest BCUT2D eigenvalue weighted by Crippen LogP contribution is -2.04. The lowest BCUT2D eigenvalue weighted by molar-refractivity contribution is 0.0518. The standard InChI is InChI=1S/C22H17NO3S/c1-16-6-5-7-18(14-16)22(25)26-23-15-21(24)17-10-12-20(13-11-17)27-19-8-3-2-4-9-19/h2-15H,1H3/b23-15+. The Morgan fingerprint density at radius 2 is 1.56 bits per heavy atom. The molecular weight excluding hydrogens is 358 g/mol. The SMILES string of the molecule is Cc1cccc(C(=O)O/N=C/C(=O)c2ccc(Sc3ccccc3)cc2)c1. The molecule has 0 bridgehead atoms. The minimum absolute atomic E-state index is 0.330. The molecule has 0 radical (unpaired) electrons. The van der Waals surface area contributed by atoms with Gasteiger partial charge in [-0.15, -0.1) is 0 Å². The maximum Gasteiger partial charge on any atom is 0.365 e. The van der Waals surface area contributed by atoms with Crippen LogP contribution in [0.3, 0.4) is 0 Å². The molecule has 0 aromatic heterocycles. The summed E-state index contributed by atoms with van der Waals surface area (Å²) in [5.74, 6) is -0.930. The van der Waals surface area contributed by atoms with Crippen molar-refractivity contribution in [1.82, 2.24) is 0 Å². The number of rotatable bonds is 6. The average Bonchev–Trinajstić information content (AvgIpc) is 2.69. The number of hydrogen-bond acceptors (Lipinski definition) is 5. The lowest BCUT2D eigenvalue weighted by atomic mass is 10.1. The normalized spacial score (nSPS) is 10.7. The first-order chi connectivity index (χ1) is 13.1. The van der Waals surface area contributed by atoms with Crippen LogP contribution in [0.1, 0.15) is 26.3 Å². The molecule has 0 fully saturated rings. The third kappa shape index (κ3) is 5.39. The first kappa shape index (κ1) is 18.6. The highest BCUT2D eigenvalue weighted by Crippen LogP contribution is 2.27. The van der Waals surface area contributed by atoms with Crippen molar-refractivity contribution in [2.45, 2.75) is 16.7 Å². The topological polar surface area (TPSA) is 55.7 Å². The second-order valence-electron chi connectivity index (χ2n) is 5.79. The van der Waals surface area contributed by atoms with Gasteiger partial charge in [0.2, 0.25) is 5.78 Å². The molecule has 0 atom stereocenters. The highest BCUT2D eigenvalue weighted by molar-refractivity contribution is 7.99. The minimum atomic E-state index is -0.600. The number of ketones is 1. The summed E-state index contributed by atoms with van der Waals surface area (Å²) in [5.41, 5.74) is 1.81. The van der Waals surface area contributed by atoms with Crippen LogP contribution in [0.4, 0.5) is 0 Å². The van der Waals surface area contributed by atoms with E-state index in [1.54, 1.807) is 42.1 Å². The zero-order valence-corrected chi connectivity index (χ0v) is 15.5. The van der Waals surface area contributed by atoms with Gasteiger partial charge in [0.15, 0.2) is 0 Å². The van der Waals surface area contributed by atoms with E-state index in [4.69, 9.17) is 4.84 Å². The fourth-order valence-electron chi connectivity index (χ4n) is 2.33. The molecule has 0 heterocycles. The molecule has 3 aromatic carbocycles. The molecule has 0 aliphatic rings. The molecule has 27 heavy (non-hydrogen) atoms. The van der Waals surface area contributed by atoms with Crippen molar-refractivity contribution < 1.29 is 14.4 Å². The summed E-state index contributed by atoms with van der Waals surface area (Å²) in [7, 11) is 0. The molecule has 3 aromatic rings. The summed E-state index contributed by atoms with van der Waals surface area (Å²) in [4.78, 5) is 31.0. The maximum absolute atomic E-state index is 12.1. The Hall–Kier alpha value is -3.18. The maximum atomic E-state index is 12.1. The summed E-state index contributed by atoms with van der Waals surface area (Å²) in [6, 6.07) is 24.1. The monoisotopic (exact) mass is 375 g/mol. The molecule has 0 aliphatic heterocycles. The highest BCUT2D eigenvalue weighted by atomic mass is 32.2. The van der Waals surface area contributed by atoms with Gasteiger partial charge in [0.1, 0.15) is 6.21 Å². The first-order valence-corrected chi connectivity index (χ1v) is 9.12. The Morgan fingerprint density at radius 3 is 2.26 bits per heavy atom. The van der Waals surface area contributed by atoms with E-state index >= 15 is 0 Å². The number of hydrogen-bond donors (Lipinski definition) is 0. The molecule has 0 amide bonds. The van der Waals surface area contributed by atoms with E-state index in [0.717, 1.165) is 21.6 Å². The number of nitrogens with zero attached hydrogens (tertiary/aromatic N) is 1. The minimum Gasteiger partial charge on any atom is -0.313 e. The molecule has 0 aliphatic carbocycles. The van der Waals surface area contributed by atoms with Crippen LogP contribution in [0.25, 0.3) is 0 Å². The quantitative estimate of drug-likeness (QED) is 0.258. The highest BCUT2D eigenvalue weighted by Gasteiger charge is 2.08. The number of Topliss-reactive ketones (excluding diaryl/α,β-unsaturated/α-hetero) is 1. The second kappa shape index (κ2) is 8.96. The zero-order chi connectivity index (χ0) is 19.1. The molecule has 0 N–H and O–H groups in total. The van der Waals surface area contributed by atoms with Gasteiger partial charge in [-0.05, 0) is 55.5 Å². The fourth-order valence-corrected chi connectivity index (χ4v) is 3.17. The summed E-state index contributed by atoms with van der Waals surface area (Å²) in [5, 5.41) is 3.51. The van der Waals surface area contributed by atoms with Gasteiger partial charge in [0.25, 0.3) is 0 Å². The second-order valence-corrected chi connectivity index (χ2v) is 6.93. The Labute approximate surface area is 161 Å². The van der Waals surface area contributed by atoms with Crippen molar-refractivity contribution in [3.05, 3.63) is 95.6 Å². The molecule has 0 spiro atoms. The molecule has 0 saturated heterocycles. The first-order valence-electron chi connectivity index (χ1n) is 8.30.